The lowest BCUT2D eigenvalue weighted by Gasteiger charge is -2.16. The molecule has 2 aromatic heterocycles. The zero-order valence-corrected chi connectivity index (χ0v) is 13.9. The minimum Gasteiger partial charge on any atom is -0.387 e. The van der Waals surface area contributed by atoms with E-state index < -0.39 is 45.0 Å². The van der Waals surface area contributed by atoms with Gasteiger partial charge in [-0.25, -0.2) is 9.55 Å². The highest BCUT2D eigenvalue weighted by atomic mass is 35.5. The number of aliphatic hydroxyl groups excluding tert-OH is 2. The van der Waals surface area contributed by atoms with Gasteiger partial charge in [0, 0.05) is 0 Å². The van der Waals surface area contributed by atoms with Gasteiger partial charge in [-0.2, -0.15) is 14.4 Å². The van der Waals surface area contributed by atoms with E-state index in [1.165, 1.54) is 0 Å². The fourth-order valence-corrected chi connectivity index (χ4v) is 2.71. The second-order valence-electron chi connectivity index (χ2n) is 5.03. The van der Waals surface area contributed by atoms with Gasteiger partial charge < -0.3 is 30.5 Å². The van der Waals surface area contributed by atoms with Gasteiger partial charge in [-0.3, -0.25) is 9.09 Å². The Morgan fingerprint density at radius 1 is 1.36 bits per heavy atom. The van der Waals surface area contributed by atoms with Gasteiger partial charge in [0.15, 0.2) is 23.2 Å². The number of anilines is 1. The van der Waals surface area contributed by atoms with E-state index in [2.05, 4.69) is 19.5 Å². The van der Waals surface area contributed by atoms with Crippen LogP contribution < -0.4 is 5.73 Å². The first-order chi connectivity index (χ1) is 11.2. The molecular formula is C10H14ClFN5O7P. The van der Waals surface area contributed by atoms with E-state index in [4.69, 9.17) is 20.3 Å². The number of aliphatic hydroxyl groups is 2. The predicted octanol–water partition coefficient (Wildman–Crippen LogP) is -1.30. The van der Waals surface area contributed by atoms with Crippen molar-refractivity contribution in [3.8, 4) is 0 Å². The summed E-state index contributed by atoms with van der Waals surface area (Å²) in [5, 5.41) is 20.0. The molecule has 0 spiro atoms. The number of phosphoric ester groups is 1. The van der Waals surface area contributed by atoms with Crippen LogP contribution in [-0.2, 0) is 13.8 Å². The first kappa shape index (κ1) is 19.9. The molecule has 140 valence electrons. The van der Waals surface area contributed by atoms with Crippen LogP contribution in [0.1, 0.15) is 6.23 Å². The SMILES string of the molecule is Cl.Nc1nc(F)nc2c1ncn2[C@@H]1O[C@H](COP(=O)(O)O)[C@@H](O)[C@@H]1O. The summed E-state index contributed by atoms with van der Waals surface area (Å²) < 4.78 is 34.8. The van der Waals surface area contributed by atoms with Crippen molar-refractivity contribution >= 4 is 37.2 Å². The number of nitrogens with two attached hydrogens (primary N) is 1. The molecule has 1 fully saturated rings. The van der Waals surface area contributed by atoms with Crippen molar-refractivity contribution in [2.24, 2.45) is 0 Å². The maximum atomic E-state index is 13.3. The van der Waals surface area contributed by atoms with E-state index in [1.807, 2.05) is 0 Å². The molecule has 25 heavy (non-hydrogen) atoms. The van der Waals surface area contributed by atoms with Gasteiger partial charge in [0.05, 0.1) is 12.9 Å². The average molecular weight is 402 g/mol. The van der Waals surface area contributed by atoms with Crippen molar-refractivity contribution in [2.45, 2.75) is 24.5 Å². The minimum atomic E-state index is -4.78. The van der Waals surface area contributed by atoms with Gasteiger partial charge >= 0.3 is 13.9 Å². The number of hydrogen-bond donors (Lipinski definition) is 5. The second-order valence-corrected chi connectivity index (χ2v) is 6.27. The number of hydrogen-bond acceptors (Lipinski definition) is 9. The lowest BCUT2D eigenvalue weighted by atomic mass is 10.1. The zero-order valence-electron chi connectivity index (χ0n) is 12.2. The van der Waals surface area contributed by atoms with Crippen molar-refractivity contribution in [1.29, 1.82) is 0 Å². The summed E-state index contributed by atoms with van der Waals surface area (Å²) in [4.78, 5) is 28.1. The largest absolute Gasteiger partial charge is 0.469 e. The van der Waals surface area contributed by atoms with E-state index in [-0.39, 0.29) is 29.4 Å². The number of nitrogens with zero attached hydrogens (tertiary/aromatic N) is 4. The summed E-state index contributed by atoms with van der Waals surface area (Å²) in [6, 6.07) is 0. The minimum absolute atomic E-state index is 0. The fraction of sp³-hybridized carbons (Fsp3) is 0.500. The molecule has 0 aliphatic carbocycles. The monoisotopic (exact) mass is 401 g/mol. The summed E-state index contributed by atoms with van der Waals surface area (Å²) in [5.41, 5.74) is 5.52. The van der Waals surface area contributed by atoms with Crippen molar-refractivity contribution < 1.29 is 38.2 Å². The third kappa shape index (κ3) is 3.88. The van der Waals surface area contributed by atoms with Crippen LogP contribution in [0.4, 0.5) is 10.2 Å². The molecule has 15 heteroatoms. The Bertz CT molecular complexity index is 818. The van der Waals surface area contributed by atoms with Crippen molar-refractivity contribution in [1.82, 2.24) is 19.5 Å². The molecule has 3 heterocycles. The Hall–Kier alpha value is -1.44. The lowest BCUT2D eigenvalue weighted by Crippen LogP contribution is -2.33. The molecule has 0 radical (unpaired) electrons. The molecule has 1 aliphatic rings. The van der Waals surface area contributed by atoms with Gasteiger partial charge in [-0.1, -0.05) is 0 Å². The summed E-state index contributed by atoms with van der Waals surface area (Å²) in [7, 11) is -4.78. The standard InChI is InChI=1S/C10H13FN5O7P.ClH/c11-10-14-7(12)4-8(15-10)16(2-13-4)9-6(18)5(17)3(23-9)1-22-24(19,20)21;/h2-3,5-6,9,17-18H,1H2,(H2,12,14,15)(H2,19,20,21);1H/t3-,5-,6+,9-;/m1./s1. The van der Waals surface area contributed by atoms with Crippen molar-refractivity contribution in [3.63, 3.8) is 0 Å². The number of aromatic nitrogens is 4. The number of nitrogen functional groups attached to an aromatic ring is 1. The molecule has 0 bridgehead atoms. The van der Waals surface area contributed by atoms with Crippen LogP contribution in [0, 0.1) is 6.08 Å². The maximum absolute atomic E-state index is 13.3. The van der Waals surface area contributed by atoms with Crippen LogP contribution in [0.3, 0.4) is 0 Å². The Labute approximate surface area is 145 Å². The van der Waals surface area contributed by atoms with Gasteiger partial charge in [0.25, 0.3) is 0 Å². The predicted molar refractivity (Wildman–Crippen MR) is 80.9 cm³/mol. The Morgan fingerprint density at radius 3 is 2.68 bits per heavy atom. The topological polar surface area (TPSA) is 186 Å². The summed E-state index contributed by atoms with van der Waals surface area (Å²) in [5.74, 6) is -0.217. The summed E-state index contributed by atoms with van der Waals surface area (Å²) in [6.07, 6.45) is -5.46. The molecular weight excluding hydrogens is 388 g/mol. The zero-order chi connectivity index (χ0) is 17.6. The Morgan fingerprint density at radius 2 is 2.04 bits per heavy atom. The fourth-order valence-electron chi connectivity index (χ4n) is 2.36. The van der Waals surface area contributed by atoms with E-state index >= 15 is 0 Å². The second kappa shape index (κ2) is 7.05. The molecule has 0 saturated carbocycles. The molecule has 1 saturated heterocycles. The Kier molecular flexibility index (Phi) is 5.61. The van der Waals surface area contributed by atoms with Gasteiger partial charge in [-0.05, 0) is 0 Å². The smallest absolute Gasteiger partial charge is 0.387 e. The molecule has 0 aromatic carbocycles. The first-order valence-corrected chi connectivity index (χ1v) is 8.07. The van der Waals surface area contributed by atoms with E-state index in [1.54, 1.807) is 0 Å². The number of phosphoric acid groups is 1. The van der Waals surface area contributed by atoms with Crippen LogP contribution in [0.5, 0.6) is 0 Å². The van der Waals surface area contributed by atoms with Gasteiger partial charge in [0.1, 0.15) is 18.3 Å². The summed E-state index contributed by atoms with van der Waals surface area (Å²) >= 11 is 0. The highest BCUT2D eigenvalue weighted by Gasteiger charge is 2.45. The lowest BCUT2D eigenvalue weighted by molar-refractivity contribution is -0.0504. The average Bonchev–Trinajstić information content (AvgIpc) is 3.00. The van der Waals surface area contributed by atoms with Crippen LogP contribution in [0.25, 0.3) is 11.2 Å². The number of rotatable bonds is 4. The van der Waals surface area contributed by atoms with E-state index in [9.17, 15) is 19.2 Å². The molecule has 4 atom stereocenters. The van der Waals surface area contributed by atoms with Crippen molar-refractivity contribution in [3.05, 3.63) is 12.4 Å². The number of fused-ring (bicyclic) bond motifs is 1. The highest BCUT2D eigenvalue weighted by molar-refractivity contribution is 7.46. The third-order valence-corrected chi connectivity index (χ3v) is 3.92. The molecule has 6 N–H and O–H groups in total. The van der Waals surface area contributed by atoms with Gasteiger partial charge in [-0.15, -0.1) is 12.4 Å². The van der Waals surface area contributed by atoms with Crippen LogP contribution in [0.15, 0.2) is 6.33 Å². The molecule has 1 aliphatic heterocycles. The molecule has 3 rings (SSSR count). The summed E-state index contributed by atoms with van der Waals surface area (Å²) in [6.45, 7) is -0.670. The van der Waals surface area contributed by atoms with E-state index in [0.29, 0.717) is 0 Å². The normalized spacial score (nSPS) is 26.8. The number of halogens is 2. The molecule has 2 aromatic rings. The van der Waals surface area contributed by atoms with Crippen LogP contribution in [-0.4, -0.2) is 64.4 Å². The molecule has 0 unspecified atom stereocenters. The van der Waals surface area contributed by atoms with Crippen LogP contribution in [0.2, 0.25) is 0 Å². The Balaban J connectivity index is 0.00000225. The maximum Gasteiger partial charge on any atom is 0.469 e. The van der Waals surface area contributed by atoms with Crippen molar-refractivity contribution in [2.75, 3.05) is 12.3 Å². The quantitative estimate of drug-likeness (QED) is 0.302. The highest BCUT2D eigenvalue weighted by Crippen LogP contribution is 2.38. The molecule has 12 nitrogen and oxygen atoms in total. The van der Waals surface area contributed by atoms with Crippen LogP contribution >= 0.6 is 20.2 Å². The first-order valence-electron chi connectivity index (χ1n) is 6.54. The number of ether oxygens (including phenoxy) is 1. The van der Waals surface area contributed by atoms with Gasteiger partial charge in [0.2, 0.25) is 0 Å². The molecule has 0 amide bonds. The van der Waals surface area contributed by atoms with E-state index in [0.717, 1.165) is 10.9 Å². The third-order valence-electron chi connectivity index (χ3n) is 3.44. The number of imidazole rings is 1.